The second-order valence-electron chi connectivity index (χ2n) is 3.16. The summed E-state index contributed by atoms with van der Waals surface area (Å²) >= 11 is 0. The Hall–Kier alpha value is -0.860. The molecule has 64 valence electrons. The Morgan fingerprint density at radius 2 is 1.92 bits per heavy atom. The van der Waals surface area contributed by atoms with E-state index in [-0.39, 0.29) is 6.23 Å². The molecule has 2 atom stereocenters. The van der Waals surface area contributed by atoms with Crippen molar-refractivity contribution in [2.45, 2.75) is 25.2 Å². The summed E-state index contributed by atoms with van der Waals surface area (Å²) in [6, 6.07) is 10.4. The van der Waals surface area contributed by atoms with Crippen molar-refractivity contribution in [3.05, 3.63) is 35.9 Å². The summed E-state index contributed by atoms with van der Waals surface area (Å²) in [5.74, 6) is 0. The van der Waals surface area contributed by atoms with Crippen molar-refractivity contribution in [2.75, 3.05) is 0 Å². The first kappa shape index (κ1) is 7.77. The molecule has 0 bridgehead atoms. The molecule has 0 unspecified atom stereocenters. The van der Waals surface area contributed by atoms with Gasteiger partial charge in [-0.25, -0.2) is 0 Å². The van der Waals surface area contributed by atoms with Gasteiger partial charge in [-0.15, -0.1) is 0 Å². The molecule has 2 rings (SSSR count). The Balaban J connectivity index is 1.80. The van der Waals surface area contributed by atoms with Gasteiger partial charge in [-0.1, -0.05) is 30.3 Å². The summed E-state index contributed by atoms with van der Waals surface area (Å²) < 4.78 is 5.12. The van der Waals surface area contributed by atoms with E-state index in [2.05, 4.69) is 24.3 Å². The van der Waals surface area contributed by atoms with E-state index >= 15 is 0 Å². The number of epoxide rings is 1. The van der Waals surface area contributed by atoms with Crippen LogP contribution in [0.15, 0.2) is 30.3 Å². The van der Waals surface area contributed by atoms with Gasteiger partial charge in [-0.3, -0.25) is 0 Å². The van der Waals surface area contributed by atoms with Gasteiger partial charge in [0.05, 0.1) is 6.10 Å². The number of hydrogen-bond acceptors (Lipinski definition) is 2. The highest BCUT2D eigenvalue weighted by molar-refractivity contribution is 5.14. The Kier molecular flexibility index (Phi) is 2.11. The SMILES string of the molecule is N[C@H]1O[C@@H]1CCc1ccccc1. The molecule has 0 aliphatic carbocycles. The van der Waals surface area contributed by atoms with E-state index in [1.54, 1.807) is 0 Å². The minimum absolute atomic E-state index is 0.00807. The van der Waals surface area contributed by atoms with Crippen LogP contribution in [0.25, 0.3) is 0 Å². The number of benzene rings is 1. The van der Waals surface area contributed by atoms with Gasteiger partial charge in [0, 0.05) is 0 Å². The van der Waals surface area contributed by atoms with E-state index in [9.17, 15) is 0 Å². The molecule has 2 heteroatoms. The molecule has 1 aliphatic rings. The van der Waals surface area contributed by atoms with Crippen molar-refractivity contribution in [3.63, 3.8) is 0 Å². The van der Waals surface area contributed by atoms with Gasteiger partial charge in [-0.2, -0.15) is 0 Å². The van der Waals surface area contributed by atoms with Gasteiger partial charge in [0.2, 0.25) is 0 Å². The topological polar surface area (TPSA) is 38.5 Å². The molecule has 0 amide bonds. The van der Waals surface area contributed by atoms with Gasteiger partial charge in [-0.05, 0) is 18.4 Å². The van der Waals surface area contributed by atoms with Crippen molar-refractivity contribution in [1.82, 2.24) is 0 Å². The lowest BCUT2D eigenvalue weighted by Gasteiger charge is -1.96. The Morgan fingerprint density at radius 3 is 2.50 bits per heavy atom. The fraction of sp³-hybridized carbons (Fsp3) is 0.400. The molecule has 1 aromatic carbocycles. The quantitative estimate of drug-likeness (QED) is 0.682. The second kappa shape index (κ2) is 3.25. The molecule has 2 nitrogen and oxygen atoms in total. The maximum absolute atomic E-state index is 5.51. The molecule has 0 aromatic heterocycles. The molecular formula is C10H13NO. The Bertz CT molecular complexity index is 247. The predicted octanol–water partition coefficient (Wildman–Crippen LogP) is 1.30. The Labute approximate surface area is 72.3 Å². The number of hydrogen-bond donors (Lipinski definition) is 1. The number of nitrogens with two attached hydrogens (primary N) is 1. The minimum atomic E-state index is 0.00807. The number of rotatable bonds is 3. The largest absolute Gasteiger partial charge is 0.353 e. The maximum Gasteiger partial charge on any atom is 0.132 e. The molecular weight excluding hydrogens is 150 g/mol. The first-order chi connectivity index (χ1) is 5.86. The highest BCUT2D eigenvalue weighted by Gasteiger charge is 2.33. The standard InChI is InChI=1S/C10H13NO/c11-10-9(12-10)7-6-8-4-2-1-3-5-8/h1-5,9-10H,6-7,11H2/t9-,10+/m1/s1. The third-order valence-electron chi connectivity index (χ3n) is 2.18. The van der Waals surface area contributed by atoms with Gasteiger partial charge >= 0.3 is 0 Å². The average molecular weight is 163 g/mol. The van der Waals surface area contributed by atoms with Crippen molar-refractivity contribution in [2.24, 2.45) is 5.73 Å². The smallest absolute Gasteiger partial charge is 0.132 e. The zero-order valence-electron chi connectivity index (χ0n) is 6.94. The third kappa shape index (κ3) is 1.84. The van der Waals surface area contributed by atoms with E-state index in [1.165, 1.54) is 5.56 Å². The lowest BCUT2D eigenvalue weighted by atomic mass is 10.1. The summed E-state index contributed by atoms with van der Waals surface area (Å²) in [7, 11) is 0. The van der Waals surface area contributed by atoms with Gasteiger partial charge in [0.1, 0.15) is 6.23 Å². The van der Waals surface area contributed by atoms with Crippen LogP contribution in [-0.2, 0) is 11.2 Å². The lowest BCUT2D eigenvalue weighted by molar-refractivity contribution is 0.366. The molecule has 1 heterocycles. The van der Waals surface area contributed by atoms with Crippen LogP contribution in [0.5, 0.6) is 0 Å². The van der Waals surface area contributed by atoms with E-state index in [0.717, 1.165) is 12.8 Å². The fourth-order valence-corrected chi connectivity index (χ4v) is 1.34. The first-order valence-corrected chi connectivity index (χ1v) is 4.31. The van der Waals surface area contributed by atoms with Crippen LogP contribution >= 0.6 is 0 Å². The molecule has 1 fully saturated rings. The predicted molar refractivity (Wildman–Crippen MR) is 47.6 cm³/mol. The van der Waals surface area contributed by atoms with Crippen molar-refractivity contribution in [3.8, 4) is 0 Å². The third-order valence-corrected chi connectivity index (χ3v) is 2.18. The van der Waals surface area contributed by atoms with Crippen LogP contribution in [-0.4, -0.2) is 12.3 Å². The molecule has 0 radical (unpaired) electrons. The number of aryl methyl sites for hydroxylation is 1. The fourth-order valence-electron chi connectivity index (χ4n) is 1.34. The maximum atomic E-state index is 5.51. The van der Waals surface area contributed by atoms with E-state index in [1.807, 2.05) is 6.07 Å². The molecule has 0 saturated carbocycles. The highest BCUT2D eigenvalue weighted by Crippen LogP contribution is 2.21. The zero-order chi connectivity index (χ0) is 8.39. The summed E-state index contributed by atoms with van der Waals surface area (Å²) in [6.45, 7) is 0. The van der Waals surface area contributed by atoms with Crippen LogP contribution in [0.2, 0.25) is 0 Å². The monoisotopic (exact) mass is 163 g/mol. The normalized spacial score (nSPS) is 27.1. The highest BCUT2D eigenvalue weighted by atomic mass is 16.6. The van der Waals surface area contributed by atoms with Crippen LogP contribution < -0.4 is 5.73 Å². The van der Waals surface area contributed by atoms with Crippen molar-refractivity contribution < 1.29 is 4.74 Å². The minimum Gasteiger partial charge on any atom is -0.353 e. The van der Waals surface area contributed by atoms with Crippen LogP contribution in [0.1, 0.15) is 12.0 Å². The summed E-state index contributed by atoms with van der Waals surface area (Å²) in [5.41, 5.74) is 6.87. The Morgan fingerprint density at radius 1 is 1.25 bits per heavy atom. The molecule has 1 aromatic rings. The van der Waals surface area contributed by atoms with E-state index in [4.69, 9.17) is 10.5 Å². The first-order valence-electron chi connectivity index (χ1n) is 4.31. The van der Waals surface area contributed by atoms with E-state index in [0.29, 0.717) is 6.10 Å². The average Bonchev–Trinajstić information content (AvgIpc) is 2.81. The molecule has 12 heavy (non-hydrogen) atoms. The zero-order valence-corrected chi connectivity index (χ0v) is 6.94. The summed E-state index contributed by atoms with van der Waals surface area (Å²) in [5, 5.41) is 0. The lowest BCUT2D eigenvalue weighted by Crippen LogP contribution is -2.05. The molecule has 1 saturated heterocycles. The molecule has 0 spiro atoms. The van der Waals surface area contributed by atoms with Crippen LogP contribution in [0.4, 0.5) is 0 Å². The number of ether oxygens (including phenoxy) is 1. The molecule has 1 aliphatic heterocycles. The summed E-state index contributed by atoms with van der Waals surface area (Å²) in [4.78, 5) is 0. The van der Waals surface area contributed by atoms with Crippen molar-refractivity contribution in [1.29, 1.82) is 0 Å². The van der Waals surface area contributed by atoms with Gasteiger partial charge in [0.25, 0.3) is 0 Å². The van der Waals surface area contributed by atoms with E-state index < -0.39 is 0 Å². The van der Waals surface area contributed by atoms with Gasteiger partial charge in [0.15, 0.2) is 0 Å². The van der Waals surface area contributed by atoms with Crippen molar-refractivity contribution >= 4 is 0 Å². The van der Waals surface area contributed by atoms with Gasteiger partial charge < -0.3 is 10.5 Å². The summed E-state index contributed by atoms with van der Waals surface area (Å²) in [6.07, 6.45) is 2.43. The van der Waals surface area contributed by atoms with Crippen LogP contribution in [0, 0.1) is 0 Å². The molecule has 2 N–H and O–H groups in total. The second-order valence-corrected chi connectivity index (χ2v) is 3.16. The van der Waals surface area contributed by atoms with Crippen LogP contribution in [0.3, 0.4) is 0 Å².